The van der Waals surface area contributed by atoms with Gasteiger partial charge in [0, 0.05) is 0 Å². The second-order valence-electron chi connectivity index (χ2n) is 2.71. The summed E-state index contributed by atoms with van der Waals surface area (Å²) in [5.74, 6) is 0. The first-order valence-electron chi connectivity index (χ1n) is 4.86. The Morgan fingerprint density at radius 2 is 1.11 bits per heavy atom. The minimum absolute atomic E-state index is 0. The van der Waals surface area contributed by atoms with Crippen LogP contribution in [0.1, 0.15) is 7.43 Å². The Morgan fingerprint density at radius 1 is 0.684 bits per heavy atom. The van der Waals surface area contributed by atoms with Crippen molar-refractivity contribution in [2.75, 3.05) is 20.0 Å². The first-order chi connectivity index (χ1) is 8.71. The van der Waals surface area contributed by atoms with Gasteiger partial charge in [-0.3, -0.25) is 0 Å². The molecule has 19 heavy (non-hydrogen) atoms. The van der Waals surface area contributed by atoms with E-state index in [1.54, 1.807) is 12.5 Å². The second kappa shape index (κ2) is 9.86. The van der Waals surface area contributed by atoms with Crippen LogP contribution in [0, 0.1) is 0 Å². The zero-order chi connectivity index (χ0) is 13.1. The molecule has 0 bridgehead atoms. The van der Waals surface area contributed by atoms with E-state index in [9.17, 15) is 8.78 Å². The standard InChI is InChI=1S/C4H6O2.C3H2F2O2.C3H4O2.CH4/c1-2-6-4-3-5-1;4-3(5)6-1-2-7-3;1-2-5-3-4-1;/h1-2H,3-4H2;1-2H;1-2H,3H2;1H4. The van der Waals surface area contributed by atoms with E-state index in [1.165, 1.54) is 12.5 Å². The highest BCUT2D eigenvalue weighted by atomic mass is 19.3. The molecule has 0 spiro atoms. The van der Waals surface area contributed by atoms with Gasteiger partial charge in [0.2, 0.25) is 6.79 Å². The van der Waals surface area contributed by atoms with Crippen molar-refractivity contribution in [3.63, 3.8) is 0 Å². The fraction of sp³-hybridized carbons (Fsp3) is 0.455. The summed E-state index contributed by atoms with van der Waals surface area (Å²) < 4.78 is 48.7. The summed E-state index contributed by atoms with van der Waals surface area (Å²) in [7, 11) is 0. The monoisotopic (exact) mass is 282 g/mol. The van der Waals surface area contributed by atoms with Gasteiger partial charge in [0.05, 0.1) is 0 Å². The molecule has 0 saturated carbocycles. The van der Waals surface area contributed by atoms with E-state index < -0.39 is 6.29 Å². The second-order valence-corrected chi connectivity index (χ2v) is 2.71. The third kappa shape index (κ3) is 9.57. The van der Waals surface area contributed by atoms with Crippen LogP contribution in [0.5, 0.6) is 0 Å². The average Bonchev–Trinajstić information content (AvgIpc) is 3.06. The van der Waals surface area contributed by atoms with Gasteiger partial charge in [0.1, 0.15) is 50.8 Å². The van der Waals surface area contributed by atoms with Gasteiger partial charge in [0.15, 0.2) is 0 Å². The topological polar surface area (TPSA) is 55.4 Å². The number of hydrogen-bond donors (Lipinski definition) is 0. The van der Waals surface area contributed by atoms with Gasteiger partial charge >= 0.3 is 6.29 Å². The van der Waals surface area contributed by atoms with Gasteiger partial charge in [-0.1, -0.05) is 7.43 Å². The fourth-order valence-corrected chi connectivity index (χ4v) is 0.749. The van der Waals surface area contributed by atoms with Crippen LogP contribution in [0.2, 0.25) is 0 Å². The molecule has 110 valence electrons. The molecule has 0 N–H and O–H groups in total. The maximum Gasteiger partial charge on any atom is 0.585 e. The lowest BCUT2D eigenvalue weighted by Crippen LogP contribution is -2.14. The van der Waals surface area contributed by atoms with Crippen LogP contribution < -0.4 is 0 Å². The quantitative estimate of drug-likeness (QED) is 0.681. The summed E-state index contributed by atoms with van der Waals surface area (Å²) in [6.07, 6.45) is 4.28. The van der Waals surface area contributed by atoms with E-state index in [4.69, 9.17) is 9.47 Å². The minimum Gasteiger partial charge on any atom is -0.494 e. The predicted octanol–water partition coefficient (Wildman–Crippen LogP) is 2.66. The highest BCUT2D eigenvalue weighted by Crippen LogP contribution is 2.21. The molecule has 3 rings (SSSR count). The lowest BCUT2D eigenvalue weighted by molar-refractivity contribution is -0.329. The molecule has 0 fully saturated rings. The van der Waals surface area contributed by atoms with Gasteiger partial charge in [0.25, 0.3) is 0 Å². The Bertz CT molecular complexity index is 280. The Balaban J connectivity index is 0.000000252. The summed E-state index contributed by atoms with van der Waals surface area (Å²) in [6.45, 7) is 1.77. The van der Waals surface area contributed by atoms with Crippen LogP contribution in [0.4, 0.5) is 8.78 Å². The van der Waals surface area contributed by atoms with Crippen molar-refractivity contribution >= 4 is 0 Å². The predicted molar refractivity (Wildman–Crippen MR) is 60.2 cm³/mol. The van der Waals surface area contributed by atoms with E-state index in [-0.39, 0.29) is 7.43 Å². The third-order valence-electron chi connectivity index (χ3n) is 1.42. The van der Waals surface area contributed by atoms with E-state index in [1.807, 2.05) is 0 Å². The summed E-state index contributed by atoms with van der Waals surface area (Å²) >= 11 is 0. The molecule has 6 nitrogen and oxygen atoms in total. The van der Waals surface area contributed by atoms with E-state index in [2.05, 4.69) is 18.9 Å². The zero-order valence-corrected chi connectivity index (χ0v) is 9.29. The maximum absolute atomic E-state index is 11.4. The number of hydrogen-bond acceptors (Lipinski definition) is 6. The molecular weight excluding hydrogens is 266 g/mol. The highest BCUT2D eigenvalue weighted by molar-refractivity contribution is 4.69. The van der Waals surface area contributed by atoms with Gasteiger partial charge in [-0.25, -0.2) is 0 Å². The number of rotatable bonds is 0. The van der Waals surface area contributed by atoms with Crippen molar-refractivity contribution in [2.24, 2.45) is 0 Å². The Kier molecular flexibility index (Phi) is 8.76. The Labute approximate surface area is 109 Å². The van der Waals surface area contributed by atoms with Crippen molar-refractivity contribution in [1.29, 1.82) is 0 Å². The molecule has 0 atom stereocenters. The summed E-state index contributed by atoms with van der Waals surface area (Å²) in [6, 6.07) is 0. The van der Waals surface area contributed by atoms with Crippen LogP contribution in [-0.2, 0) is 28.4 Å². The number of halogens is 2. The summed E-state index contributed by atoms with van der Waals surface area (Å²) in [5.41, 5.74) is 0. The Hall–Kier alpha value is -2.12. The molecule has 3 heterocycles. The fourth-order valence-electron chi connectivity index (χ4n) is 0.749. The zero-order valence-electron chi connectivity index (χ0n) is 9.29. The molecule has 0 aromatic carbocycles. The third-order valence-corrected chi connectivity index (χ3v) is 1.42. The van der Waals surface area contributed by atoms with Crippen LogP contribution in [0.15, 0.2) is 37.6 Å². The Morgan fingerprint density at radius 3 is 1.26 bits per heavy atom. The summed E-state index contributed by atoms with van der Waals surface area (Å²) in [5, 5.41) is 0. The van der Waals surface area contributed by atoms with Crippen molar-refractivity contribution in [2.45, 2.75) is 13.7 Å². The van der Waals surface area contributed by atoms with E-state index in [0.29, 0.717) is 20.0 Å². The van der Waals surface area contributed by atoms with Crippen molar-refractivity contribution in [3.8, 4) is 0 Å². The van der Waals surface area contributed by atoms with Crippen LogP contribution in [-0.4, -0.2) is 26.3 Å². The molecule has 3 aliphatic rings. The highest BCUT2D eigenvalue weighted by Gasteiger charge is 2.35. The molecule has 0 aromatic heterocycles. The van der Waals surface area contributed by atoms with Gasteiger partial charge in [-0.15, -0.1) is 8.78 Å². The molecule has 0 aromatic rings. The molecular formula is C11H16F2O6. The van der Waals surface area contributed by atoms with Gasteiger partial charge < -0.3 is 28.4 Å². The van der Waals surface area contributed by atoms with Gasteiger partial charge in [-0.05, 0) is 0 Å². The molecule has 0 radical (unpaired) electrons. The first kappa shape index (κ1) is 16.9. The normalized spacial score (nSPS) is 19.3. The van der Waals surface area contributed by atoms with Crippen LogP contribution in [0.25, 0.3) is 0 Å². The molecule has 0 amide bonds. The molecule has 3 aliphatic heterocycles. The van der Waals surface area contributed by atoms with Crippen molar-refractivity contribution in [1.82, 2.24) is 0 Å². The smallest absolute Gasteiger partial charge is 0.494 e. The van der Waals surface area contributed by atoms with Crippen molar-refractivity contribution in [3.05, 3.63) is 37.6 Å². The molecule has 0 saturated heterocycles. The molecule has 0 aliphatic carbocycles. The van der Waals surface area contributed by atoms with E-state index in [0.717, 1.165) is 12.5 Å². The number of ether oxygens (including phenoxy) is 6. The lowest BCUT2D eigenvalue weighted by Gasteiger charge is -2.04. The van der Waals surface area contributed by atoms with Crippen LogP contribution >= 0.6 is 0 Å². The van der Waals surface area contributed by atoms with Gasteiger partial charge in [-0.2, -0.15) is 0 Å². The largest absolute Gasteiger partial charge is 0.585 e. The summed E-state index contributed by atoms with van der Waals surface area (Å²) in [4.78, 5) is 0. The lowest BCUT2D eigenvalue weighted by atomic mass is 10.7. The molecule has 0 unspecified atom stereocenters. The van der Waals surface area contributed by atoms with Crippen molar-refractivity contribution < 1.29 is 37.2 Å². The van der Waals surface area contributed by atoms with E-state index >= 15 is 0 Å². The maximum atomic E-state index is 11.4. The SMILES string of the molecule is C.C1=COCCO1.C1=COCO1.FC1(F)OC=CO1. The minimum atomic E-state index is -3.42. The molecule has 8 heteroatoms. The first-order valence-corrected chi connectivity index (χ1v) is 4.86. The number of alkyl halides is 2. The van der Waals surface area contributed by atoms with Crippen LogP contribution in [0.3, 0.4) is 0 Å². The average molecular weight is 282 g/mol.